The van der Waals surface area contributed by atoms with Crippen molar-refractivity contribution in [1.29, 1.82) is 5.41 Å². The van der Waals surface area contributed by atoms with Crippen molar-refractivity contribution in [3.05, 3.63) is 54.5 Å². The average molecular weight is 255 g/mol. The number of aromatic nitrogens is 2. The molecule has 0 aliphatic rings. The van der Waals surface area contributed by atoms with Gasteiger partial charge in [-0.3, -0.25) is 10.4 Å². The molecule has 0 aliphatic carbocycles. The predicted molar refractivity (Wildman–Crippen MR) is 76.1 cm³/mol. The van der Waals surface area contributed by atoms with Gasteiger partial charge in [0.1, 0.15) is 5.82 Å². The molecular weight excluding hydrogens is 238 g/mol. The van der Waals surface area contributed by atoms with Crippen LogP contribution in [0.25, 0.3) is 0 Å². The highest BCUT2D eigenvalue weighted by atomic mass is 15.2. The van der Waals surface area contributed by atoms with E-state index in [9.17, 15) is 0 Å². The Morgan fingerprint density at radius 1 is 1.21 bits per heavy atom. The quantitative estimate of drug-likeness (QED) is 0.609. The normalized spacial score (nSPS) is 10.1. The van der Waals surface area contributed by atoms with Crippen LogP contribution in [-0.4, -0.2) is 22.3 Å². The topological polar surface area (TPSA) is 78.9 Å². The van der Waals surface area contributed by atoms with Gasteiger partial charge in [-0.2, -0.15) is 0 Å². The van der Waals surface area contributed by atoms with Crippen LogP contribution in [0.1, 0.15) is 12.0 Å². The molecule has 0 aliphatic heterocycles. The Kier molecular flexibility index (Phi) is 4.44. The maximum atomic E-state index is 7.35. The van der Waals surface area contributed by atoms with Gasteiger partial charge in [0.15, 0.2) is 0 Å². The number of hydrogen-bond acceptors (Lipinski definition) is 4. The molecule has 0 amide bonds. The lowest BCUT2D eigenvalue weighted by Gasteiger charge is -2.23. The Labute approximate surface area is 112 Å². The van der Waals surface area contributed by atoms with E-state index in [2.05, 4.69) is 14.9 Å². The van der Waals surface area contributed by atoms with E-state index in [1.807, 2.05) is 36.5 Å². The number of nitrogens with one attached hydrogen (secondary N) is 1. The highest BCUT2D eigenvalue weighted by Crippen LogP contribution is 2.13. The van der Waals surface area contributed by atoms with Crippen LogP contribution in [-0.2, 0) is 6.54 Å². The summed E-state index contributed by atoms with van der Waals surface area (Å²) in [6.45, 7) is 1.37. The van der Waals surface area contributed by atoms with E-state index in [0.717, 1.165) is 11.4 Å². The van der Waals surface area contributed by atoms with Gasteiger partial charge in [-0.05, 0) is 23.8 Å². The van der Waals surface area contributed by atoms with Gasteiger partial charge in [-0.25, -0.2) is 4.98 Å². The van der Waals surface area contributed by atoms with E-state index in [4.69, 9.17) is 11.1 Å². The summed E-state index contributed by atoms with van der Waals surface area (Å²) in [5.74, 6) is 1.07. The first-order chi connectivity index (χ1) is 9.25. The molecule has 98 valence electrons. The zero-order chi connectivity index (χ0) is 13.5. The first-order valence-corrected chi connectivity index (χ1v) is 6.13. The number of rotatable bonds is 6. The van der Waals surface area contributed by atoms with E-state index >= 15 is 0 Å². The summed E-state index contributed by atoms with van der Waals surface area (Å²) in [7, 11) is 0. The van der Waals surface area contributed by atoms with Crippen molar-refractivity contribution >= 4 is 11.7 Å². The first-order valence-electron chi connectivity index (χ1n) is 6.13. The lowest BCUT2D eigenvalue weighted by Crippen LogP contribution is -2.28. The van der Waals surface area contributed by atoms with Crippen LogP contribution >= 0.6 is 0 Å². The zero-order valence-corrected chi connectivity index (χ0v) is 10.7. The lowest BCUT2D eigenvalue weighted by atomic mass is 10.2. The van der Waals surface area contributed by atoms with Crippen LogP contribution in [0.2, 0.25) is 0 Å². The second-order valence-electron chi connectivity index (χ2n) is 4.25. The van der Waals surface area contributed by atoms with E-state index in [1.165, 1.54) is 0 Å². The van der Waals surface area contributed by atoms with Crippen molar-refractivity contribution in [2.45, 2.75) is 13.0 Å². The van der Waals surface area contributed by atoms with Crippen LogP contribution in [0.5, 0.6) is 0 Å². The number of amidine groups is 1. The Morgan fingerprint density at radius 3 is 2.74 bits per heavy atom. The smallest absolute Gasteiger partial charge is 0.128 e. The summed E-state index contributed by atoms with van der Waals surface area (Å²) in [5.41, 5.74) is 6.54. The molecular formula is C14H17N5. The maximum absolute atomic E-state index is 7.35. The van der Waals surface area contributed by atoms with Gasteiger partial charge in [0.25, 0.3) is 0 Å². The summed E-state index contributed by atoms with van der Waals surface area (Å²) in [4.78, 5) is 10.6. The molecule has 5 nitrogen and oxygen atoms in total. The molecule has 2 aromatic rings. The van der Waals surface area contributed by atoms with E-state index in [1.54, 1.807) is 12.4 Å². The standard InChI is InChI=1S/C14H17N5/c15-13(16)6-9-19(14-5-1-2-8-18-14)11-12-4-3-7-17-10-12/h1-5,7-8,10H,6,9,11H2,(H3,15,16). The van der Waals surface area contributed by atoms with E-state index < -0.39 is 0 Å². The fraction of sp³-hybridized carbons (Fsp3) is 0.214. The number of nitrogens with two attached hydrogens (primary N) is 1. The molecule has 19 heavy (non-hydrogen) atoms. The Bertz CT molecular complexity index is 512. The van der Waals surface area contributed by atoms with Gasteiger partial charge < -0.3 is 10.6 Å². The highest BCUT2D eigenvalue weighted by molar-refractivity contribution is 5.77. The number of pyridine rings is 2. The van der Waals surface area contributed by atoms with Gasteiger partial charge >= 0.3 is 0 Å². The summed E-state index contributed by atoms with van der Waals surface area (Å²) >= 11 is 0. The molecule has 3 N–H and O–H groups in total. The summed E-state index contributed by atoms with van der Waals surface area (Å²) in [6.07, 6.45) is 5.88. The van der Waals surface area contributed by atoms with Crippen LogP contribution < -0.4 is 10.6 Å². The van der Waals surface area contributed by atoms with Gasteiger partial charge in [0.05, 0.1) is 5.84 Å². The number of anilines is 1. The Balaban J connectivity index is 2.12. The van der Waals surface area contributed by atoms with Crippen LogP contribution in [0, 0.1) is 5.41 Å². The molecule has 0 saturated carbocycles. The molecule has 0 atom stereocenters. The van der Waals surface area contributed by atoms with Gasteiger partial charge in [-0.15, -0.1) is 0 Å². The summed E-state index contributed by atoms with van der Waals surface area (Å²) < 4.78 is 0. The third kappa shape index (κ3) is 4.06. The van der Waals surface area contributed by atoms with E-state index in [-0.39, 0.29) is 5.84 Å². The number of nitrogens with zero attached hydrogens (tertiary/aromatic N) is 3. The molecule has 0 radical (unpaired) electrons. The average Bonchev–Trinajstić information content (AvgIpc) is 2.45. The predicted octanol–water partition coefficient (Wildman–Crippen LogP) is 1.81. The largest absolute Gasteiger partial charge is 0.388 e. The van der Waals surface area contributed by atoms with Crippen molar-refractivity contribution in [3.63, 3.8) is 0 Å². The van der Waals surface area contributed by atoms with Crippen molar-refractivity contribution in [1.82, 2.24) is 9.97 Å². The Morgan fingerprint density at radius 2 is 2.11 bits per heavy atom. The first kappa shape index (κ1) is 13.0. The molecule has 2 heterocycles. The summed E-state index contributed by atoms with van der Waals surface area (Å²) in [5, 5.41) is 7.35. The van der Waals surface area contributed by atoms with Crippen molar-refractivity contribution in [3.8, 4) is 0 Å². The van der Waals surface area contributed by atoms with Crippen molar-refractivity contribution in [2.75, 3.05) is 11.4 Å². The van der Waals surface area contributed by atoms with Gasteiger partial charge in [0, 0.05) is 38.1 Å². The molecule has 5 heteroatoms. The second-order valence-corrected chi connectivity index (χ2v) is 4.25. The van der Waals surface area contributed by atoms with Crippen LogP contribution in [0.4, 0.5) is 5.82 Å². The minimum Gasteiger partial charge on any atom is -0.388 e. The molecule has 0 unspecified atom stereocenters. The van der Waals surface area contributed by atoms with Gasteiger partial charge in [0.2, 0.25) is 0 Å². The third-order valence-corrected chi connectivity index (χ3v) is 2.72. The van der Waals surface area contributed by atoms with Crippen LogP contribution in [0.3, 0.4) is 0 Å². The van der Waals surface area contributed by atoms with Crippen molar-refractivity contribution in [2.24, 2.45) is 5.73 Å². The molecule has 2 rings (SSSR count). The third-order valence-electron chi connectivity index (χ3n) is 2.72. The fourth-order valence-corrected chi connectivity index (χ4v) is 1.78. The highest BCUT2D eigenvalue weighted by Gasteiger charge is 2.08. The molecule has 0 bridgehead atoms. The molecule has 0 saturated heterocycles. The molecule has 0 fully saturated rings. The monoisotopic (exact) mass is 255 g/mol. The Hall–Kier alpha value is -2.43. The van der Waals surface area contributed by atoms with Crippen molar-refractivity contribution < 1.29 is 0 Å². The minimum absolute atomic E-state index is 0.187. The van der Waals surface area contributed by atoms with E-state index in [0.29, 0.717) is 19.5 Å². The van der Waals surface area contributed by atoms with Crippen LogP contribution in [0.15, 0.2) is 48.9 Å². The SMILES string of the molecule is N=C(N)CCN(Cc1cccnc1)c1ccccn1. The molecule has 0 aromatic carbocycles. The molecule has 0 spiro atoms. The minimum atomic E-state index is 0.187. The second kappa shape index (κ2) is 6.49. The summed E-state index contributed by atoms with van der Waals surface area (Å²) in [6, 6.07) is 9.73. The zero-order valence-electron chi connectivity index (χ0n) is 10.7. The molecule has 2 aromatic heterocycles. The fourth-order valence-electron chi connectivity index (χ4n) is 1.78. The van der Waals surface area contributed by atoms with Gasteiger partial charge in [-0.1, -0.05) is 12.1 Å². The maximum Gasteiger partial charge on any atom is 0.128 e. The number of hydrogen-bond donors (Lipinski definition) is 2. The lowest BCUT2D eigenvalue weighted by molar-refractivity contribution is 0.784.